The van der Waals surface area contributed by atoms with Crippen LogP contribution in [0.3, 0.4) is 0 Å². The van der Waals surface area contributed by atoms with Gasteiger partial charge in [-0.3, -0.25) is 9.59 Å². The van der Waals surface area contributed by atoms with Crippen LogP contribution in [0, 0.1) is 5.92 Å². The summed E-state index contributed by atoms with van der Waals surface area (Å²) in [7, 11) is 0. The van der Waals surface area contributed by atoms with Gasteiger partial charge in [0.25, 0.3) is 5.91 Å². The molecule has 1 atom stereocenters. The second-order valence-electron chi connectivity index (χ2n) is 5.41. The van der Waals surface area contributed by atoms with Crippen molar-refractivity contribution in [1.29, 1.82) is 0 Å². The first-order chi connectivity index (χ1) is 9.65. The van der Waals surface area contributed by atoms with Crippen LogP contribution in [-0.2, 0) is 20.7 Å². The van der Waals surface area contributed by atoms with E-state index in [4.69, 9.17) is 9.84 Å². The van der Waals surface area contributed by atoms with E-state index in [1.165, 1.54) is 5.56 Å². The van der Waals surface area contributed by atoms with E-state index in [1.807, 2.05) is 24.3 Å². The molecule has 1 N–H and O–H groups in total. The van der Waals surface area contributed by atoms with Gasteiger partial charge >= 0.3 is 5.97 Å². The zero-order valence-electron chi connectivity index (χ0n) is 11.1. The smallest absolute Gasteiger partial charge is 0.303 e. The van der Waals surface area contributed by atoms with Crippen LogP contribution in [0.25, 0.3) is 0 Å². The summed E-state index contributed by atoms with van der Waals surface area (Å²) in [6.07, 6.45) is 0.443. The van der Waals surface area contributed by atoms with E-state index >= 15 is 0 Å². The van der Waals surface area contributed by atoms with E-state index in [0.717, 1.165) is 12.0 Å². The van der Waals surface area contributed by atoms with Crippen molar-refractivity contribution in [2.45, 2.75) is 18.9 Å². The summed E-state index contributed by atoms with van der Waals surface area (Å²) in [4.78, 5) is 24.7. The van der Waals surface area contributed by atoms with Crippen molar-refractivity contribution in [3.63, 3.8) is 0 Å². The molecule has 0 radical (unpaired) electrons. The van der Waals surface area contributed by atoms with Crippen LogP contribution in [0.5, 0.6) is 0 Å². The number of amides is 1. The van der Waals surface area contributed by atoms with E-state index in [0.29, 0.717) is 19.7 Å². The maximum absolute atomic E-state index is 12.4. The zero-order valence-corrected chi connectivity index (χ0v) is 11.1. The van der Waals surface area contributed by atoms with Crippen molar-refractivity contribution in [2.24, 2.45) is 5.92 Å². The Hall–Kier alpha value is -1.88. The zero-order chi connectivity index (χ0) is 14.1. The predicted octanol–water partition coefficient (Wildman–Crippen LogP) is 1.23. The van der Waals surface area contributed by atoms with Crippen molar-refractivity contribution in [3.05, 3.63) is 35.4 Å². The van der Waals surface area contributed by atoms with Crippen LogP contribution in [0.15, 0.2) is 24.3 Å². The highest BCUT2D eigenvalue weighted by Gasteiger charge is 2.37. The second-order valence-corrected chi connectivity index (χ2v) is 5.41. The van der Waals surface area contributed by atoms with Crippen molar-refractivity contribution in [3.8, 4) is 0 Å². The number of hydrogen-bond donors (Lipinski definition) is 1. The monoisotopic (exact) mass is 275 g/mol. The van der Waals surface area contributed by atoms with Gasteiger partial charge in [0, 0.05) is 19.0 Å². The van der Waals surface area contributed by atoms with Crippen LogP contribution in [-0.4, -0.2) is 41.6 Å². The Kier molecular flexibility index (Phi) is 3.44. The molecule has 0 spiro atoms. The number of aliphatic carboxylic acids is 1. The van der Waals surface area contributed by atoms with Gasteiger partial charge in [-0.05, 0) is 17.5 Å². The van der Waals surface area contributed by atoms with Crippen molar-refractivity contribution in [2.75, 3.05) is 19.7 Å². The molecule has 1 aromatic carbocycles. The molecule has 20 heavy (non-hydrogen) atoms. The SMILES string of the molecule is O=C(O)CC1CN(C(=O)C2OCCc3ccccc32)C1. The minimum Gasteiger partial charge on any atom is -0.481 e. The Labute approximate surface area is 117 Å². The predicted molar refractivity (Wildman–Crippen MR) is 71.2 cm³/mol. The van der Waals surface area contributed by atoms with Gasteiger partial charge in [0.05, 0.1) is 13.0 Å². The number of carbonyl (C=O) groups is 2. The fourth-order valence-electron chi connectivity index (χ4n) is 2.89. The van der Waals surface area contributed by atoms with E-state index in [1.54, 1.807) is 4.90 Å². The molecule has 2 aliphatic heterocycles. The molecular formula is C15H17NO4. The average molecular weight is 275 g/mol. The molecule has 0 saturated carbocycles. The number of nitrogens with zero attached hydrogens (tertiary/aromatic N) is 1. The topological polar surface area (TPSA) is 66.8 Å². The Bertz CT molecular complexity index is 536. The summed E-state index contributed by atoms with van der Waals surface area (Å²) in [5.74, 6) is -0.768. The third-order valence-corrected chi connectivity index (χ3v) is 3.95. The summed E-state index contributed by atoms with van der Waals surface area (Å²) in [6, 6.07) is 7.85. The lowest BCUT2D eigenvalue weighted by Crippen LogP contribution is -2.52. The van der Waals surface area contributed by atoms with Gasteiger partial charge < -0.3 is 14.7 Å². The summed E-state index contributed by atoms with van der Waals surface area (Å²) in [6.45, 7) is 1.60. The normalized spacial score (nSPS) is 22.0. The number of fused-ring (bicyclic) bond motifs is 1. The molecule has 5 heteroatoms. The minimum atomic E-state index is -0.804. The molecule has 3 rings (SSSR count). The first-order valence-electron chi connectivity index (χ1n) is 6.85. The summed E-state index contributed by atoms with van der Waals surface area (Å²) in [5, 5.41) is 8.72. The molecule has 106 valence electrons. The van der Waals surface area contributed by atoms with E-state index < -0.39 is 12.1 Å². The molecule has 1 amide bonds. The lowest BCUT2D eigenvalue weighted by atomic mass is 9.92. The second kappa shape index (κ2) is 5.25. The Morgan fingerprint density at radius 3 is 2.80 bits per heavy atom. The number of carbonyl (C=O) groups excluding carboxylic acids is 1. The maximum Gasteiger partial charge on any atom is 0.303 e. The lowest BCUT2D eigenvalue weighted by Gasteiger charge is -2.41. The molecular weight excluding hydrogens is 258 g/mol. The molecule has 0 aliphatic carbocycles. The molecule has 0 aromatic heterocycles. The molecule has 1 aromatic rings. The van der Waals surface area contributed by atoms with Crippen LogP contribution in [0.1, 0.15) is 23.7 Å². The lowest BCUT2D eigenvalue weighted by molar-refractivity contribution is -0.154. The number of ether oxygens (including phenoxy) is 1. The van der Waals surface area contributed by atoms with Gasteiger partial charge in [-0.15, -0.1) is 0 Å². The van der Waals surface area contributed by atoms with Crippen LogP contribution >= 0.6 is 0 Å². The van der Waals surface area contributed by atoms with Gasteiger partial charge in [-0.25, -0.2) is 0 Å². The third kappa shape index (κ3) is 2.41. The van der Waals surface area contributed by atoms with Crippen LogP contribution in [0.4, 0.5) is 0 Å². The molecule has 1 unspecified atom stereocenters. The fourth-order valence-corrected chi connectivity index (χ4v) is 2.89. The van der Waals surface area contributed by atoms with Crippen molar-refractivity contribution >= 4 is 11.9 Å². The molecule has 2 aliphatic rings. The van der Waals surface area contributed by atoms with Gasteiger partial charge in [-0.2, -0.15) is 0 Å². The summed E-state index contributed by atoms with van der Waals surface area (Å²) >= 11 is 0. The standard InChI is InChI=1S/C15H17NO4/c17-13(18)7-10-8-16(9-10)15(19)14-12-4-2-1-3-11(12)5-6-20-14/h1-4,10,14H,5-9H2,(H,17,18). The largest absolute Gasteiger partial charge is 0.481 e. The minimum absolute atomic E-state index is 0.0428. The third-order valence-electron chi connectivity index (χ3n) is 3.95. The Morgan fingerprint density at radius 1 is 1.30 bits per heavy atom. The maximum atomic E-state index is 12.4. The van der Waals surface area contributed by atoms with Gasteiger partial charge in [0.15, 0.2) is 6.10 Å². The van der Waals surface area contributed by atoms with E-state index in [9.17, 15) is 9.59 Å². The number of carboxylic acids is 1. The van der Waals surface area contributed by atoms with Crippen molar-refractivity contribution in [1.82, 2.24) is 4.90 Å². The molecule has 1 saturated heterocycles. The van der Waals surface area contributed by atoms with Crippen molar-refractivity contribution < 1.29 is 19.4 Å². The molecule has 5 nitrogen and oxygen atoms in total. The fraction of sp³-hybridized carbons (Fsp3) is 0.467. The molecule has 2 heterocycles. The van der Waals surface area contributed by atoms with Gasteiger partial charge in [0.1, 0.15) is 0 Å². The first-order valence-corrected chi connectivity index (χ1v) is 6.85. The van der Waals surface area contributed by atoms with E-state index in [2.05, 4.69) is 0 Å². The number of carboxylic acid groups (broad SMARTS) is 1. The average Bonchev–Trinajstić information content (AvgIpc) is 2.41. The quantitative estimate of drug-likeness (QED) is 0.901. The number of likely N-dealkylation sites (tertiary alicyclic amines) is 1. The summed E-state index contributed by atoms with van der Waals surface area (Å²) in [5.41, 5.74) is 2.12. The highest BCUT2D eigenvalue weighted by molar-refractivity contribution is 5.84. The van der Waals surface area contributed by atoms with Gasteiger partial charge in [-0.1, -0.05) is 24.3 Å². The Morgan fingerprint density at radius 2 is 2.05 bits per heavy atom. The number of rotatable bonds is 3. The number of hydrogen-bond acceptors (Lipinski definition) is 3. The van der Waals surface area contributed by atoms with Gasteiger partial charge in [0.2, 0.25) is 0 Å². The molecule has 0 bridgehead atoms. The van der Waals surface area contributed by atoms with E-state index in [-0.39, 0.29) is 18.2 Å². The van der Waals surface area contributed by atoms with Crippen LogP contribution < -0.4 is 0 Å². The van der Waals surface area contributed by atoms with Crippen LogP contribution in [0.2, 0.25) is 0 Å². The highest BCUT2D eigenvalue weighted by atomic mass is 16.5. The number of benzene rings is 1. The summed E-state index contributed by atoms with van der Waals surface area (Å²) < 4.78 is 5.63. The first kappa shape index (κ1) is 13.1. The Balaban J connectivity index is 1.66. The molecule has 1 fully saturated rings. The highest BCUT2D eigenvalue weighted by Crippen LogP contribution is 2.31.